The first kappa shape index (κ1) is 18.0. The van der Waals surface area contributed by atoms with E-state index in [1.807, 2.05) is 0 Å². The lowest BCUT2D eigenvalue weighted by atomic mass is 10.3. The van der Waals surface area contributed by atoms with E-state index in [9.17, 15) is 26.4 Å². The van der Waals surface area contributed by atoms with Crippen molar-refractivity contribution in [1.82, 2.24) is 4.31 Å². The molecule has 1 N–H and O–H groups in total. The molecular formula is C15H13F3N2O3S. The predicted molar refractivity (Wildman–Crippen MR) is 81.2 cm³/mol. The van der Waals surface area contributed by atoms with Crippen LogP contribution in [0.25, 0.3) is 0 Å². The zero-order valence-corrected chi connectivity index (χ0v) is 13.3. The highest BCUT2D eigenvalue weighted by Gasteiger charge is 2.24. The minimum absolute atomic E-state index is 0.165. The van der Waals surface area contributed by atoms with Crippen LogP contribution >= 0.6 is 0 Å². The molecule has 0 bridgehead atoms. The van der Waals surface area contributed by atoms with Crippen molar-refractivity contribution in [3.05, 3.63) is 59.9 Å². The molecule has 0 fully saturated rings. The average Bonchev–Trinajstić information content (AvgIpc) is 2.49. The van der Waals surface area contributed by atoms with Gasteiger partial charge in [-0.05, 0) is 36.4 Å². The zero-order chi connectivity index (χ0) is 17.9. The SMILES string of the molecule is CN(CC(=O)Nc1cccc(F)c1)S(=O)(=O)c1ccc(F)c(F)c1. The van der Waals surface area contributed by atoms with Gasteiger partial charge in [-0.15, -0.1) is 0 Å². The van der Waals surface area contributed by atoms with Crippen molar-refractivity contribution in [2.75, 3.05) is 18.9 Å². The van der Waals surface area contributed by atoms with Gasteiger partial charge in [0.05, 0.1) is 11.4 Å². The lowest BCUT2D eigenvalue weighted by Crippen LogP contribution is -2.35. The molecule has 1 amide bonds. The summed E-state index contributed by atoms with van der Waals surface area (Å²) in [6.07, 6.45) is 0. The molecule has 9 heteroatoms. The molecule has 24 heavy (non-hydrogen) atoms. The summed E-state index contributed by atoms with van der Waals surface area (Å²) in [6.45, 7) is -0.585. The second-order valence-electron chi connectivity index (χ2n) is 4.90. The first-order valence-corrected chi connectivity index (χ1v) is 8.11. The molecule has 0 saturated heterocycles. The fourth-order valence-electron chi connectivity index (χ4n) is 1.87. The van der Waals surface area contributed by atoms with Crippen molar-refractivity contribution < 1.29 is 26.4 Å². The molecule has 0 heterocycles. The normalized spacial score (nSPS) is 11.5. The maximum absolute atomic E-state index is 13.2. The molecule has 2 rings (SSSR count). The first-order chi connectivity index (χ1) is 11.2. The van der Waals surface area contributed by atoms with E-state index in [-0.39, 0.29) is 5.69 Å². The molecule has 2 aromatic carbocycles. The van der Waals surface area contributed by atoms with Crippen molar-refractivity contribution in [3.63, 3.8) is 0 Å². The molecular weight excluding hydrogens is 345 g/mol. The molecule has 0 aromatic heterocycles. The number of carbonyl (C=O) groups is 1. The van der Waals surface area contributed by atoms with Crippen LogP contribution in [-0.4, -0.2) is 32.2 Å². The number of nitrogens with zero attached hydrogens (tertiary/aromatic N) is 1. The molecule has 0 aliphatic rings. The monoisotopic (exact) mass is 358 g/mol. The summed E-state index contributed by atoms with van der Waals surface area (Å²) in [7, 11) is -3.07. The van der Waals surface area contributed by atoms with Gasteiger partial charge in [0.1, 0.15) is 5.82 Å². The summed E-state index contributed by atoms with van der Waals surface area (Å²) in [5.74, 6) is -3.76. The highest BCUT2D eigenvalue weighted by atomic mass is 32.2. The Labute approximate surface area is 136 Å². The Morgan fingerprint density at radius 2 is 1.79 bits per heavy atom. The molecule has 0 aliphatic carbocycles. The van der Waals surface area contributed by atoms with Gasteiger partial charge in [-0.3, -0.25) is 4.79 Å². The van der Waals surface area contributed by atoms with Crippen LogP contribution in [0.3, 0.4) is 0 Å². The Morgan fingerprint density at radius 3 is 2.42 bits per heavy atom. The fourth-order valence-corrected chi connectivity index (χ4v) is 3.01. The topological polar surface area (TPSA) is 66.5 Å². The van der Waals surface area contributed by atoms with Crippen LogP contribution in [0.4, 0.5) is 18.9 Å². The number of halogens is 3. The molecule has 0 saturated carbocycles. The lowest BCUT2D eigenvalue weighted by Gasteiger charge is -2.17. The van der Waals surface area contributed by atoms with Gasteiger partial charge in [-0.25, -0.2) is 21.6 Å². The quantitative estimate of drug-likeness (QED) is 0.892. The van der Waals surface area contributed by atoms with Crippen molar-refractivity contribution in [2.45, 2.75) is 4.90 Å². The maximum atomic E-state index is 13.2. The van der Waals surface area contributed by atoms with E-state index in [0.717, 1.165) is 19.2 Å². The van der Waals surface area contributed by atoms with E-state index < -0.39 is 44.8 Å². The van der Waals surface area contributed by atoms with Gasteiger partial charge in [0.15, 0.2) is 11.6 Å². The van der Waals surface area contributed by atoms with Crippen molar-refractivity contribution >= 4 is 21.6 Å². The number of benzene rings is 2. The Balaban J connectivity index is 2.11. The van der Waals surface area contributed by atoms with Crippen molar-refractivity contribution in [3.8, 4) is 0 Å². The Bertz CT molecular complexity index is 872. The molecule has 0 aliphatic heterocycles. The summed E-state index contributed by atoms with van der Waals surface area (Å²) >= 11 is 0. The van der Waals surface area contributed by atoms with Gasteiger partial charge in [-0.1, -0.05) is 6.07 Å². The number of nitrogens with one attached hydrogen (secondary N) is 1. The largest absolute Gasteiger partial charge is 0.325 e. The first-order valence-electron chi connectivity index (χ1n) is 6.67. The number of anilines is 1. The minimum atomic E-state index is -4.18. The van der Waals surface area contributed by atoms with E-state index in [0.29, 0.717) is 16.4 Å². The average molecular weight is 358 g/mol. The number of amides is 1. The highest BCUT2D eigenvalue weighted by Crippen LogP contribution is 2.17. The van der Waals surface area contributed by atoms with E-state index >= 15 is 0 Å². The Hall–Kier alpha value is -2.39. The standard InChI is InChI=1S/C15H13F3N2O3S/c1-20(9-15(21)19-11-4-2-3-10(16)7-11)24(22,23)12-5-6-13(17)14(18)8-12/h2-8H,9H2,1H3,(H,19,21). The van der Waals surface area contributed by atoms with Gasteiger partial charge < -0.3 is 5.32 Å². The summed E-state index contributed by atoms with van der Waals surface area (Å²) < 4.78 is 64.3. The van der Waals surface area contributed by atoms with Crippen LogP contribution in [-0.2, 0) is 14.8 Å². The second-order valence-corrected chi connectivity index (χ2v) is 6.94. The van der Waals surface area contributed by atoms with E-state index in [1.165, 1.54) is 18.2 Å². The smallest absolute Gasteiger partial charge is 0.243 e. The van der Waals surface area contributed by atoms with Gasteiger partial charge in [0, 0.05) is 12.7 Å². The van der Waals surface area contributed by atoms with Crippen LogP contribution in [0.1, 0.15) is 0 Å². The number of sulfonamides is 1. The lowest BCUT2D eigenvalue weighted by molar-refractivity contribution is -0.116. The third-order valence-corrected chi connectivity index (χ3v) is 4.87. The van der Waals surface area contributed by atoms with E-state index in [4.69, 9.17) is 0 Å². The number of carbonyl (C=O) groups excluding carboxylic acids is 1. The van der Waals surface area contributed by atoms with Gasteiger partial charge >= 0.3 is 0 Å². The minimum Gasteiger partial charge on any atom is -0.325 e. The number of likely N-dealkylation sites (N-methyl/N-ethyl adjacent to an activating group) is 1. The Kier molecular flexibility index (Phi) is 5.25. The number of rotatable bonds is 5. The summed E-state index contributed by atoms with van der Waals surface area (Å²) in [6, 6.07) is 7.19. The summed E-state index contributed by atoms with van der Waals surface area (Å²) in [5, 5.41) is 2.34. The zero-order valence-electron chi connectivity index (χ0n) is 12.5. The Morgan fingerprint density at radius 1 is 1.08 bits per heavy atom. The van der Waals surface area contributed by atoms with Gasteiger partial charge in [0.25, 0.3) is 0 Å². The maximum Gasteiger partial charge on any atom is 0.243 e. The molecule has 0 unspecified atom stereocenters. The van der Waals surface area contributed by atoms with Crippen LogP contribution in [0.15, 0.2) is 47.4 Å². The van der Waals surface area contributed by atoms with Gasteiger partial charge in [0.2, 0.25) is 15.9 Å². The van der Waals surface area contributed by atoms with Crippen molar-refractivity contribution in [1.29, 1.82) is 0 Å². The number of hydrogen-bond donors (Lipinski definition) is 1. The van der Waals surface area contributed by atoms with Gasteiger partial charge in [-0.2, -0.15) is 4.31 Å². The van der Waals surface area contributed by atoms with E-state index in [1.54, 1.807) is 0 Å². The molecule has 128 valence electrons. The molecule has 5 nitrogen and oxygen atoms in total. The molecule has 0 spiro atoms. The number of hydrogen-bond acceptors (Lipinski definition) is 3. The van der Waals surface area contributed by atoms with Crippen molar-refractivity contribution in [2.24, 2.45) is 0 Å². The summed E-state index contributed by atoms with van der Waals surface area (Å²) in [4.78, 5) is 11.4. The van der Waals surface area contributed by atoms with Crippen LogP contribution < -0.4 is 5.32 Å². The fraction of sp³-hybridized carbons (Fsp3) is 0.133. The van der Waals surface area contributed by atoms with Crippen LogP contribution in [0.5, 0.6) is 0 Å². The third kappa shape index (κ3) is 4.12. The van der Waals surface area contributed by atoms with Crippen LogP contribution in [0.2, 0.25) is 0 Å². The molecule has 0 radical (unpaired) electrons. The molecule has 2 aromatic rings. The molecule has 0 atom stereocenters. The summed E-state index contributed by atoms with van der Waals surface area (Å²) in [5.41, 5.74) is 0.165. The van der Waals surface area contributed by atoms with Crippen LogP contribution in [0, 0.1) is 17.5 Å². The second kappa shape index (κ2) is 7.02. The predicted octanol–water partition coefficient (Wildman–Crippen LogP) is 2.36. The highest BCUT2D eigenvalue weighted by molar-refractivity contribution is 7.89. The third-order valence-electron chi connectivity index (χ3n) is 3.07. The van der Waals surface area contributed by atoms with E-state index in [2.05, 4.69) is 5.32 Å².